The van der Waals surface area contributed by atoms with Crippen molar-refractivity contribution in [3.63, 3.8) is 0 Å². The highest BCUT2D eigenvalue weighted by Crippen LogP contribution is 2.43. The van der Waals surface area contributed by atoms with Crippen LogP contribution in [0.15, 0.2) is 36.5 Å². The highest BCUT2D eigenvalue weighted by Gasteiger charge is 2.30. The second-order valence-corrected chi connectivity index (χ2v) is 24.7. The Bertz CT molecular complexity index is 1380. The first-order chi connectivity index (χ1) is 36.4. The number of hydrogen-bond donors (Lipinski definition) is 2. The standard InChI is InChI=1S/C65H125N2O7P/c1-7-10-13-16-19-22-25-27-29-30-31-32-33-34-35-36-38-39-42-45-48-51-54-57-64(68)66-62(61-73-75(70,71)72-60-59-67(4,5)6)63(56-53-50-47-44-41-24-21-18-15-12-9-3)74-65(69)58-55-52-49-46-43-40-37-28-26-23-20-17-14-11-8-2/h23,26-27,29,53,56,62-63H,7-22,24-25,28,30-52,54-55,57-61H2,1-6H3,(H-,66,68,70,71)/p+1/b26-23-,29-27+,56-53-. The summed E-state index contributed by atoms with van der Waals surface area (Å²) < 4.78 is 30.7. The molecular formula is C65H126N2O7P+. The number of ether oxygens (including phenoxy) is 1. The first-order valence-corrected chi connectivity index (χ1v) is 33.8. The van der Waals surface area contributed by atoms with Gasteiger partial charge in [-0.1, -0.05) is 257 Å². The highest BCUT2D eigenvalue weighted by atomic mass is 31.2. The van der Waals surface area contributed by atoms with E-state index in [2.05, 4.69) is 50.4 Å². The second kappa shape index (κ2) is 55.5. The molecule has 442 valence electrons. The van der Waals surface area contributed by atoms with E-state index in [1.807, 2.05) is 33.3 Å². The van der Waals surface area contributed by atoms with E-state index in [1.165, 1.54) is 225 Å². The van der Waals surface area contributed by atoms with Crippen molar-refractivity contribution in [2.45, 2.75) is 328 Å². The van der Waals surface area contributed by atoms with Crippen LogP contribution in [0.5, 0.6) is 0 Å². The minimum absolute atomic E-state index is 0.0415. The molecule has 0 aromatic rings. The predicted molar refractivity (Wildman–Crippen MR) is 323 cm³/mol. The number of unbranched alkanes of at least 4 members (excludes halogenated alkanes) is 39. The summed E-state index contributed by atoms with van der Waals surface area (Å²) in [7, 11) is 1.50. The molecule has 9 nitrogen and oxygen atoms in total. The van der Waals surface area contributed by atoms with Crippen LogP contribution in [-0.2, 0) is 27.9 Å². The van der Waals surface area contributed by atoms with Gasteiger partial charge in [0.2, 0.25) is 5.91 Å². The fourth-order valence-corrected chi connectivity index (χ4v) is 10.3. The van der Waals surface area contributed by atoms with Crippen LogP contribution in [0.1, 0.15) is 316 Å². The van der Waals surface area contributed by atoms with Crippen LogP contribution in [0.4, 0.5) is 0 Å². The molecule has 75 heavy (non-hydrogen) atoms. The largest absolute Gasteiger partial charge is 0.472 e. The summed E-state index contributed by atoms with van der Waals surface area (Å²) in [5.41, 5.74) is 0. The predicted octanol–water partition coefficient (Wildman–Crippen LogP) is 19.9. The summed E-state index contributed by atoms with van der Waals surface area (Å²) in [5, 5.41) is 3.06. The summed E-state index contributed by atoms with van der Waals surface area (Å²) in [4.78, 5) is 37.7. The summed E-state index contributed by atoms with van der Waals surface area (Å²) in [6, 6.07) is -0.846. The maximum Gasteiger partial charge on any atom is 0.472 e. The van der Waals surface area contributed by atoms with Crippen molar-refractivity contribution in [3.05, 3.63) is 36.5 Å². The third-order valence-corrected chi connectivity index (χ3v) is 15.5. The number of allylic oxidation sites excluding steroid dienone is 5. The minimum Gasteiger partial charge on any atom is -0.456 e. The van der Waals surface area contributed by atoms with E-state index in [0.29, 0.717) is 17.4 Å². The lowest BCUT2D eigenvalue weighted by Gasteiger charge is -2.27. The molecule has 2 N–H and O–H groups in total. The average Bonchev–Trinajstić information content (AvgIpc) is 3.37. The van der Waals surface area contributed by atoms with Crippen LogP contribution < -0.4 is 5.32 Å². The van der Waals surface area contributed by atoms with Gasteiger partial charge < -0.3 is 19.4 Å². The lowest BCUT2D eigenvalue weighted by atomic mass is 10.0. The van der Waals surface area contributed by atoms with Crippen molar-refractivity contribution < 1.29 is 37.3 Å². The molecule has 3 atom stereocenters. The SMILES string of the molecule is CCCCCC/C=C\CCCCCCCCCC(=O)OC(/C=C\CCCCCCCCCCC)C(COP(=O)(O)OCC[N+](C)(C)C)NC(=O)CCCCCCCCCCCCCCC/C=C/CCCCCCCC. The van der Waals surface area contributed by atoms with Crippen molar-refractivity contribution >= 4 is 19.7 Å². The van der Waals surface area contributed by atoms with Gasteiger partial charge in [0.25, 0.3) is 0 Å². The van der Waals surface area contributed by atoms with E-state index >= 15 is 0 Å². The van der Waals surface area contributed by atoms with Gasteiger partial charge in [0.05, 0.1) is 33.8 Å². The fraction of sp³-hybridized carbons (Fsp3) is 0.877. The molecule has 0 radical (unpaired) electrons. The number of carbonyl (C=O) groups is 2. The molecule has 0 aliphatic rings. The molecule has 0 aliphatic heterocycles. The van der Waals surface area contributed by atoms with Crippen molar-refractivity contribution in [3.8, 4) is 0 Å². The van der Waals surface area contributed by atoms with Crippen LogP contribution >= 0.6 is 7.82 Å². The van der Waals surface area contributed by atoms with Gasteiger partial charge >= 0.3 is 13.8 Å². The molecule has 0 spiro atoms. The summed E-state index contributed by atoms with van der Waals surface area (Å²) in [5.74, 6) is -0.499. The smallest absolute Gasteiger partial charge is 0.456 e. The zero-order chi connectivity index (χ0) is 55.0. The van der Waals surface area contributed by atoms with Gasteiger partial charge in [-0.2, -0.15) is 0 Å². The number of carbonyl (C=O) groups excluding carboxylic acids is 2. The summed E-state index contributed by atoms with van der Waals surface area (Å²) in [6.07, 6.45) is 67.2. The van der Waals surface area contributed by atoms with Gasteiger partial charge in [0, 0.05) is 12.8 Å². The van der Waals surface area contributed by atoms with Crippen molar-refractivity contribution in [2.24, 2.45) is 0 Å². The first kappa shape index (κ1) is 73.2. The lowest BCUT2D eigenvalue weighted by Crippen LogP contribution is -2.47. The minimum atomic E-state index is -4.44. The number of esters is 1. The lowest BCUT2D eigenvalue weighted by molar-refractivity contribution is -0.870. The van der Waals surface area contributed by atoms with Crippen LogP contribution in [0.3, 0.4) is 0 Å². The Morgan fingerprint density at radius 3 is 1.15 bits per heavy atom. The van der Waals surface area contributed by atoms with Gasteiger partial charge in [-0.25, -0.2) is 4.57 Å². The third-order valence-electron chi connectivity index (χ3n) is 14.6. The van der Waals surface area contributed by atoms with Gasteiger partial charge in [0.1, 0.15) is 19.3 Å². The van der Waals surface area contributed by atoms with Gasteiger partial charge in [0.15, 0.2) is 0 Å². The maximum atomic E-state index is 13.6. The average molecular weight is 1080 g/mol. The Morgan fingerprint density at radius 1 is 0.453 bits per heavy atom. The number of nitrogens with zero attached hydrogens (tertiary/aromatic N) is 1. The van der Waals surface area contributed by atoms with Crippen LogP contribution in [-0.4, -0.2) is 74.3 Å². The van der Waals surface area contributed by atoms with Crippen LogP contribution in [0, 0.1) is 0 Å². The molecule has 0 aliphatic carbocycles. The molecule has 0 aromatic carbocycles. The Kier molecular flexibility index (Phi) is 54.2. The topological polar surface area (TPSA) is 111 Å². The van der Waals surface area contributed by atoms with E-state index in [0.717, 1.165) is 57.8 Å². The Balaban J connectivity index is 5.09. The quantitative estimate of drug-likeness (QED) is 0.0205. The fourth-order valence-electron chi connectivity index (χ4n) is 9.52. The number of hydrogen-bond acceptors (Lipinski definition) is 6. The maximum absolute atomic E-state index is 13.6. The molecular weight excluding hydrogens is 952 g/mol. The molecule has 0 rings (SSSR count). The summed E-state index contributed by atoms with van der Waals surface area (Å²) in [6.45, 7) is 7.02. The van der Waals surface area contributed by atoms with Gasteiger partial charge in [-0.3, -0.25) is 18.6 Å². The van der Waals surface area contributed by atoms with E-state index < -0.39 is 20.0 Å². The van der Waals surface area contributed by atoms with E-state index in [9.17, 15) is 19.0 Å². The monoisotopic (exact) mass is 1080 g/mol. The molecule has 1 amide bonds. The number of phosphoric acid groups is 1. The Hall–Kier alpha value is -1.77. The van der Waals surface area contributed by atoms with E-state index in [-0.39, 0.29) is 31.5 Å². The van der Waals surface area contributed by atoms with Gasteiger partial charge in [-0.05, 0) is 83.1 Å². The molecule has 0 fully saturated rings. The molecule has 3 unspecified atom stereocenters. The number of phosphoric ester groups is 1. The van der Waals surface area contributed by atoms with Crippen molar-refractivity contribution in [1.82, 2.24) is 5.32 Å². The number of nitrogens with one attached hydrogen (secondary N) is 1. The third kappa shape index (κ3) is 56.8. The number of amides is 1. The zero-order valence-corrected chi connectivity index (χ0v) is 51.5. The van der Waals surface area contributed by atoms with Gasteiger partial charge in [-0.15, -0.1) is 0 Å². The first-order valence-electron chi connectivity index (χ1n) is 32.3. The molecule has 0 bridgehead atoms. The number of quaternary nitrogens is 1. The van der Waals surface area contributed by atoms with Crippen molar-refractivity contribution in [1.29, 1.82) is 0 Å². The van der Waals surface area contributed by atoms with E-state index in [4.69, 9.17) is 13.8 Å². The van der Waals surface area contributed by atoms with Crippen molar-refractivity contribution in [2.75, 3.05) is 40.9 Å². The second-order valence-electron chi connectivity index (χ2n) is 23.3. The molecule has 0 aromatic heterocycles. The highest BCUT2D eigenvalue weighted by molar-refractivity contribution is 7.47. The van der Waals surface area contributed by atoms with Crippen LogP contribution in [0.25, 0.3) is 0 Å². The van der Waals surface area contributed by atoms with E-state index in [1.54, 1.807) is 0 Å². The number of rotatable bonds is 59. The normalized spacial score (nSPS) is 13.9. The Labute approximate surface area is 466 Å². The Morgan fingerprint density at radius 2 is 0.773 bits per heavy atom. The molecule has 10 heteroatoms. The molecule has 0 saturated heterocycles. The number of likely N-dealkylation sites (N-methyl/N-ethyl adjacent to an activating group) is 1. The summed E-state index contributed by atoms with van der Waals surface area (Å²) >= 11 is 0. The molecule has 0 heterocycles. The molecule has 0 saturated carbocycles. The zero-order valence-electron chi connectivity index (χ0n) is 50.6. The van der Waals surface area contributed by atoms with Crippen LogP contribution in [0.2, 0.25) is 0 Å².